The number of methoxy groups -OCH3 is 1. The van der Waals surface area contributed by atoms with Gasteiger partial charge in [0.1, 0.15) is 5.82 Å². The van der Waals surface area contributed by atoms with E-state index >= 15 is 0 Å². The number of nitrogens with zero attached hydrogens (tertiary/aromatic N) is 1. The molecule has 2 aromatic carbocycles. The molecule has 7 heteroatoms. The maximum Gasteiger partial charge on any atom is 0.185 e. The van der Waals surface area contributed by atoms with Crippen LogP contribution in [0, 0.1) is 5.82 Å². The average molecular weight is 392 g/mol. The van der Waals surface area contributed by atoms with Crippen LogP contribution in [0.25, 0.3) is 6.08 Å². The summed E-state index contributed by atoms with van der Waals surface area (Å²) in [6.07, 6.45) is 2.86. The minimum atomic E-state index is -0.439. The van der Waals surface area contributed by atoms with Gasteiger partial charge in [0.25, 0.3) is 0 Å². The van der Waals surface area contributed by atoms with E-state index in [0.717, 1.165) is 0 Å². The van der Waals surface area contributed by atoms with Gasteiger partial charge in [-0.2, -0.15) is 0 Å². The summed E-state index contributed by atoms with van der Waals surface area (Å²) in [5.41, 5.74) is 1.29. The van der Waals surface area contributed by atoms with Crippen molar-refractivity contribution < 1.29 is 23.8 Å². The average Bonchev–Trinajstić information content (AvgIpc) is 2.69. The summed E-state index contributed by atoms with van der Waals surface area (Å²) in [5.74, 6) is -0.741. The van der Waals surface area contributed by atoms with Crippen LogP contribution in [0.4, 0.5) is 10.1 Å². The maximum atomic E-state index is 14.4. The minimum Gasteiger partial charge on any atom is -0.503 e. The van der Waals surface area contributed by atoms with Crippen molar-refractivity contribution in [2.24, 2.45) is 0 Å². The van der Waals surface area contributed by atoms with E-state index in [1.54, 1.807) is 18.2 Å². The first-order chi connectivity index (χ1) is 13.0. The largest absolute Gasteiger partial charge is 0.503 e. The number of halogens is 2. The van der Waals surface area contributed by atoms with E-state index in [4.69, 9.17) is 21.1 Å². The molecule has 0 atom stereocenters. The Bertz CT molecular complexity index is 879. The molecule has 0 spiro atoms. The number of anilines is 1. The number of benzene rings is 2. The summed E-state index contributed by atoms with van der Waals surface area (Å²) in [6, 6.07) is 7.51. The van der Waals surface area contributed by atoms with E-state index in [-0.39, 0.29) is 27.9 Å². The molecular weight excluding hydrogens is 373 g/mol. The summed E-state index contributed by atoms with van der Waals surface area (Å²) in [6.45, 7) is 2.35. The summed E-state index contributed by atoms with van der Waals surface area (Å²) in [5, 5.41) is 9.85. The second-order valence-electron chi connectivity index (χ2n) is 6.02. The molecule has 1 heterocycles. The third-order valence-corrected chi connectivity index (χ3v) is 4.57. The zero-order valence-electron chi connectivity index (χ0n) is 14.7. The van der Waals surface area contributed by atoms with Gasteiger partial charge in [0.2, 0.25) is 0 Å². The van der Waals surface area contributed by atoms with Gasteiger partial charge in [-0.05, 0) is 42.0 Å². The van der Waals surface area contributed by atoms with E-state index in [9.17, 15) is 14.3 Å². The van der Waals surface area contributed by atoms with Crippen LogP contribution >= 0.6 is 11.6 Å². The van der Waals surface area contributed by atoms with Crippen LogP contribution in [0.1, 0.15) is 15.9 Å². The van der Waals surface area contributed by atoms with Crippen molar-refractivity contribution >= 4 is 29.1 Å². The number of phenolic OH excluding ortho intramolecular Hbond substituents is 1. The molecule has 0 aliphatic carbocycles. The first kappa shape index (κ1) is 19.2. The Morgan fingerprint density at radius 1 is 1.30 bits per heavy atom. The number of ether oxygens (including phenoxy) is 2. The molecule has 5 nitrogen and oxygen atoms in total. The van der Waals surface area contributed by atoms with Crippen LogP contribution in [0.3, 0.4) is 0 Å². The fourth-order valence-corrected chi connectivity index (χ4v) is 3.05. The lowest BCUT2D eigenvalue weighted by molar-refractivity contribution is 0.104. The number of hydrogen-bond donors (Lipinski definition) is 1. The Morgan fingerprint density at radius 2 is 2.04 bits per heavy atom. The predicted molar refractivity (Wildman–Crippen MR) is 102 cm³/mol. The smallest absolute Gasteiger partial charge is 0.185 e. The monoisotopic (exact) mass is 391 g/mol. The topological polar surface area (TPSA) is 59.0 Å². The van der Waals surface area contributed by atoms with Crippen molar-refractivity contribution in [2.75, 3.05) is 38.3 Å². The number of rotatable bonds is 5. The molecule has 1 fully saturated rings. The number of aromatic hydroxyl groups is 1. The second-order valence-corrected chi connectivity index (χ2v) is 6.42. The highest BCUT2D eigenvalue weighted by Gasteiger charge is 2.16. The van der Waals surface area contributed by atoms with E-state index in [1.807, 2.05) is 4.90 Å². The lowest BCUT2D eigenvalue weighted by Gasteiger charge is -2.29. The molecular formula is C20H19ClFNO4. The molecule has 0 saturated carbocycles. The van der Waals surface area contributed by atoms with Gasteiger partial charge in [-0.1, -0.05) is 17.7 Å². The number of carbonyl (C=O) groups excluding carboxylic acids is 1. The number of carbonyl (C=O) groups is 1. The molecule has 1 saturated heterocycles. The van der Waals surface area contributed by atoms with Gasteiger partial charge in [-0.3, -0.25) is 4.79 Å². The standard InChI is InChI=1S/C20H19ClFNO4/c1-26-19-11-13(10-15(21)20(19)25)2-5-18(24)14-3-4-17(16(22)12-14)23-6-8-27-9-7-23/h2-5,10-12,25H,6-9H2,1H3/b5-2+. The zero-order chi connectivity index (χ0) is 19.4. The highest BCUT2D eigenvalue weighted by atomic mass is 35.5. The van der Waals surface area contributed by atoms with Crippen LogP contribution in [0.2, 0.25) is 5.02 Å². The Morgan fingerprint density at radius 3 is 2.70 bits per heavy atom. The highest BCUT2D eigenvalue weighted by Crippen LogP contribution is 2.35. The number of morpholine rings is 1. The van der Waals surface area contributed by atoms with Gasteiger partial charge in [0.05, 0.1) is 31.0 Å². The molecule has 0 bridgehead atoms. The molecule has 1 aliphatic heterocycles. The highest BCUT2D eigenvalue weighted by molar-refractivity contribution is 6.32. The van der Waals surface area contributed by atoms with E-state index < -0.39 is 5.82 Å². The third-order valence-electron chi connectivity index (χ3n) is 4.28. The van der Waals surface area contributed by atoms with Crippen molar-refractivity contribution in [1.29, 1.82) is 0 Å². The van der Waals surface area contributed by atoms with E-state index in [1.165, 1.54) is 31.4 Å². The molecule has 142 valence electrons. The molecule has 1 N–H and O–H groups in total. The van der Waals surface area contributed by atoms with Crippen molar-refractivity contribution in [2.45, 2.75) is 0 Å². The second kappa shape index (κ2) is 8.41. The molecule has 1 aliphatic rings. The molecule has 2 aromatic rings. The van der Waals surface area contributed by atoms with E-state index in [2.05, 4.69) is 0 Å². The number of hydrogen-bond acceptors (Lipinski definition) is 5. The van der Waals surface area contributed by atoms with Gasteiger partial charge in [-0.15, -0.1) is 0 Å². The van der Waals surface area contributed by atoms with Crippen LogP contribution in [-0.2, 0) is 4.74 Å². The molecule has 0 aromatic heterocycles. The maximum absolute atomic E-state index is 14.4. The Kier molecular flexibility index (Phi) is 5.98. The fraction of sp³-hybridized carbons (Fsp3) is 0.250. The van der Waals surface area contributed by atoms with Crippen molar-refractivity contribution in [3.63, 3.8) is 0 Å². The quantitative estimate of drug-likeness (QED) is 0.618. The normalized spacial score (nSPS) is 14.6. The van der Waals surface area contributed by atoms with Crippen LogP contribution in [0.5, 0.6) is 11.5 Å². The van der Waals surface area contributed by atoms with Crippen LogP contribution in [-0.4, -0.2) is 44.3 Å². The molecule has 0 unspecified atom stereocenters. The molecule has 27 heavy (non-hydrogen) atoms. The lowest BCUT2D eigenvalue weighted by atomic mass is 10.1. The fourth-order valence-electron chi connectivity index (χ4n) is 2.83. The van der Waals surface area contributed by atoms with Gasteiger partial charge in [-0.25, -0.2) is 4.39 Å². The first-order valence-electron chi connectivity index (χ1n) is 8.40. The molecule has 0 radical (unpaired) electrons. The Balaban J connectivity index is 1.77. The lowest BCUT2D eigenvalue weighted by Crippen LogP contribution is -2.36. The van der Waals surface area contributed by atoms with Crippen LogP contribution in [0.15, 0.2) is 36.4 Å². The third kappa shape index (κ3) is 4.40. The Hall–Kier alpha value is -2.57. The zero-order valence-corrected chi connectivity index (χ0v) is 15.5. The summed E-state index contributed by atoms with van der Waals surface area (Å²) in [7, 11) is 1.41. The van der Waals surface area contributed by atoms with E-state index in [0.29, 0.717) is 37.6 Å². The Labute approximate surface area is 161 Å². The summed E-state index contributed by atoms with van der Waals surface area (Å²) in [4.78, 5) is 14.3. The molecule has 3 rings (SSSR count). The first-order valence-corrected chi connectivity index (χ1v) is 8.78. The molecule has 0 amide bonds. The van der Waals surface area contributed by atoms with Crippen molar-refractivity contribution in [1.82, 2.24) is 0 Å². The van der Waals surface area contributed by atoms with Gasteiger partial charge >= 0.3 is 0 Å². The number of allylic oxidation sites excluding steroid dienone is 1. The van der Waals surface area contributed by atoms with Crippen molar-refractivity contribution in [3.05, 3.63) is 58.4 Å². The number of ketones is 1. The minimum absolute atomic E-state index is 0.113. The summed E-state index contributed by atoms with van der Waals surface area (Å²) >= 11 is 5.93. The van der Waals surface area contributed by atoms with Gasteiger partial charge in [0.15, 0.2) is 17.3 Å². The van der Waals surface area contributed by atoms with Gasteiger partial charge in [0, 0.05) is 18.7 Å². The number of phenols is 1. The van der Waals surface area contributed by atoms with Gasteiger partial charge < -0.3 is 19.5 Å². The van der Waals surface area contributed by atoms with Crippen LogP contribution < -0.4 is 9.64 Å². The summed E-state index contributed by atoms with van der Waals surface area (Å²) < 4.78 is 24.7. The van der Waals surface area contributed by atoms with Crippen molar-refractivity contribution in [3.8, 4) is 11.5 Å². The SMILES string of the molecule is COc1cc(/C=C/C(=O)c2ccc(N3CCOCC3)c(F)c2)cc(Cl)c1O. The predicted octanol–water partition coefficient (Wildman–Crippen LogP) is 3.93.